The van der Waals surface area contributed by atoms with Crippen molar-refractivity contribution in [3.05, 3.63) is 76.6 Å². The highest BCUT2D eigenvalue weighted by Gasteiger charge is 2.33. The van der Waals surface area contributed by atoms with Crippen molar-refractivity contribution in [3.63, 3.8) is 0 Å². The fraction of sp³-hybridized carbons (Fsp3) is 0.320. The Morgan fingerprint density at radius 1 is 1.17 bits per heavy atom. The summed E-state index contributed by atoms with van der Waals surface area (Å²) in [5, 5.41) is 17.1. The molecule has 0 spiro atoms. The molecule has 1 N–H and O–H groups in total. The molecule has 0 saturated carbocycles. The first-order chi connectivity index (χ1) is 17.4. The minimum Gasteiger partial charge on any atom is -0.467 e. The normalized spacial score (nSPS) is 12.0. The number of thiophene rings is 1. The van der Waals surface area contributed by atoms with E-state index < -0.39 is 6.04 Å². The van der Waals surface area contributed by atoms with Gasteiger partial charge in [0.15, 0.2) is 0 Å². The van der Waals surface area contributed by atoms with Crippen LogP contribution in [-0.2, 0) is 22.7 Å². The number of nitrogens with zero attached hydrogens (tertiary/aromatic N) is 5. The fourth-order valence-corrected chi connectivity index (χ4v) is 4.42. The Kier molecular flexibility index (Phi) is 8.21. The Morgan fingerprint density at radius 3 is 2.64 bits per heavy atom. The quantitative estimate of drug-likeness (QED) is 0.326. The zero-order valence-electron chi connectivity index (χ0n) is 20.0. The Labute approximate surface area is 211 Å². The molecule has 188 valence electrons. The van der Waals surface area contributed by atoms with Gasteiger partial charge in [0.1, 0.15) is 24.2 Å². The van der Waals surface area contributed by atoms with Crippen molar-refractivity contribution in [2.24, 2.45) is 5.92 Å². The van der Waals surface area contributed by atoms with E-state index in [1.54, 1.807) is 12.1 Å². The number of furan rings is 1. The van der Waals surface area contributed by atoms with Crippen molar-refractivity contribution in [2.45, 2.75) is 39.4 Å². The van der Waals surface area contributed by atoms with Crippen LogP contribution in [0.25, 0.3) is 11.4 Å². The van der Waals surface area contributed by atoms with Gasteiger partial charge in [-0.1, -0.05) is 19.9 Å². The van der Waals surface area contributed by atoms with Crippen LogP contribution in [0.4, 0.5) is 4.39 Å². The minimum absolute atomic E-state index is 0.0888. The second kappa shape index (κ2) is 11.7. The second-order valence-corrected chi connectivity index (χ2v) is 9.62. The average molecular weight is 511 g/mol. The van der Waals surface area contributed by atoms with Crippen LogP contribution >= 0.6 is 11.3 Å². The number of rotatable bonds is 11. The summed E-state index contributed by atoms with van der Waals surface area (Å²) in [5.41, 5.74) is 0.573. The van der Waals surface area contributed by atoms with Crippen molar-refractivity contribution in [1.82, 2.24) is 30.4 Å². The lowest BCUT2D eigenvalue weighted by Crippen LogP contribution is -2.44. The number of hydrogen-bond acceptors (Lipinski definition) is 7. The van der Waals surface area contributed by atoms with E-state index in [1.807, 2.05) is 17.5 Å². The Hall–Kier alpha value is -3.86. The third-order valence-corrected chi connectivity index (χ3v) is 6.38. The summed E-state index contributed by atoms with van der Waals surface area (Å²) in [7, 11) is 0. The monoisotopic (exact) mass is 510 g/mol. The largest absolute Gasteiger partial charge is 0.467 e. The van der Waals surface area contributed by atoms with Crippen molar-refractivity contribution >= 4 is 23.2 Å². The van der Waals surface area contributed by atoms with Crippen molar-refractivity contribution in [2.75, 3.05) is 6.54 Å². The maximum atomic E-state index is 13.6. The maximum Gasteiger partial charge on any atom is 0.248 e. The molecule has 4 rings (SSSR count). The zero-order valence-corrected chi connectivity index (χ0v) is 20.8. The first kappa shape index (κ1) is 25.2. The number of carbonyl (C=O) groups is 2. The lowest BCUT2D eigenvalue weighted by atomic mass is 10.1. The number of carbonyl (C=O) groups excluding carboxylic acids is 2. The molecule has 1 aromatic carbocycles. The van der Waals surface area contributed by atoms with Crippen molar-refractivity contribution < 1.29 is 18.4 Å². The molecular formula is C25H27FN6O3S. The smallest absolute Gasteiger partial charge is 0.248 e. The Morgan fingerprint density at radius 2 is 1.97 bits per heavy atom. The van der Waals surface area contributed by atoms with E-state index in [0.29, 0.717) is 23.8 Å². The van der Waals surface area contributed by atoms with E-state index >= 15 is 0 Å². The molecular weight excluding hydrogens is 483 g/mol. The molecule has 0 unspecified atom stereocenters. The number of benzene rings is 1. The van der Waals surface area contributed by atoms with E-state index in [0.717, 1.165) is 16.1 Å². The lowest BCUT2D eigenvalue weighted by molar-refractivity contribution is -0.142. The van der Waals surface area contributed by atoms with Gasteiger partial charge in [0, 0.05) is 17.0 Å². The molecule has 0 aliphatic carbocycles. The number of aromatic nitrogens is 4. The summed E-state index contributed by atoms with van der Waals surface area (Å²) in [4.78, 5) is 30.3. The van der Waals surface area contributed by atoms with Gasteiger partial charge in [-0.15, -0.1) is 21.5 Å². The van der Waals surface area contributed by atoms with Crippen LogP contribution in [0.3, 0.4) is 0 Å². The van der Waals surface area contributed by atoms with E-state index in [9.17, 15) is 14.0 Å². The SMILES string of the molecule is CC(C)CCNC(=O)[C@H](c1cccs1)N(Cc1ccco1)C(=O)Cn1nnc(-c2ccc(F)cc2)n1. The lowest BCUT2D eigenvalue weighted by Gasteiger charge is -2.29. The predicted molar refractivity (Wildman–Crippen MR) is 132 cm³/mol. The van der Waals surface area contributed by atoms with E-state index in [2.05, 4.69) is 34.6 Å². The molecule has 36 heavy (non-hydrogen) atoms. The Bertz CT molecular complexity index is 1260. The highest BCUT2D eigenvalue weighted by Crippen LogP contribution is 2.28. The van der Waals surface area contributed by atoms with Crippen molar-refractivity contribution in [1.29, 1.82) is 0 Å². The fourth-order valence-electron chi connectivity index (χ4n) is 3.58. The average Bonchev–Trinajstić information content (AvgIpc) is 3.63. The first-order valence-corrected chi connectivity index (χ1v) is 12.5. The third-order valence-electron chi connectivity index (χ3n) is 5.45. The third kappa shape index (κ3) is 6.42. The molecule has 0 radical (unpaired) electrons. The van der Waals surface area contributed by atoms with Crippen LogP contribution in [0.5, 0.6) is 0 Å². The Balaban J connectivity index is 1.58. The molecule has 3 aromatic heterocycles. The molecule has 0 saturated heterocycles. The van der Waals surface area contributed by atoms with Gasteiger partial charge < -0.3 is 14.6 Å². The predicted octanol–water partition coefficient (Wildman–Crippen LogP) is 4.07. The van der Waals surface area contributed by atoms with Gasteiger partial charge in [0.05, 0.1) is 12.8 Å². The summed E-state index contributed by atoms with van der Waals surface area (Å²) in [6, 6.07) is 12.0. The molecule has 4 aromatic rings. The van der Waals surface area contributed by atoms with Crippen LogP contribution < -0.4 is 5.32 Å². The maximum absolute atomic E-state index is 13.6. The molecule has 9 nitrogen and oxygen atoms in total. The van der Waals surface area contributed by atoms with Gasteiger partial charge in [0.2, 0.25) is 17.6 Å². The van der Waals surface area contributed by atoms with Crippen LogP contribution in [0.2, 0.25) is 0 Å². The van der Waals surface area contributed by atoms with Gasteiger partial charge in [-0.2, -0.15) is 4.80 Å². The summed E-state index contributed by atoms with van der Waals surface area (Å²) >= 11 is 1.40. The summed E-state index contributed by atoms with van der Waals surface area (Å²) < 4.78 is 18.7. The molecule has 0 aliphatic rings. The highest BCUT2D eigenvalue weighted by molar-refractivity contribution is 7.10. The summed E-state index contributed by atoms with van der Waals surface area (Å²) in [6.07, 6.45) is 2.35. The summed E-state index contributed by atoms with van der Waals surface area (Å²) in [5.74, 6) is 0.213. The topological polar surface area (TPSA) is 106 Å². The van der Waals surface area contributed by atoms with Gasteiger partial charge in [-0.25, -0.2) is 4.39 Å². The number of tetrazole rings is 1. The van der Waals surface area contributed by atoms with Crippen LogP contribution in [0.15, 0.2) is 64.6 Å². The first-order valence-electron chi connectivity index (χ1n) is 11.6. The molecule has 1 atom stereocenters. The van der Waals surface area contributed by atoms with Crippen LogP contribution in [0.1, 0.15) is 36.9 Å². The number of halogens is 1. The zero-order chi connectivity index (χ0) is 25.5. The van der Waals surface area contributed by atoms with Crippen LogP contribution in [0, 0.1) is 11.7 Å². The van der Waals surface area contributed by atoms with E-state index in [-0.39, 0.29) is 36.5 Å². The van der Waals surface area contributed by atoms with E-state index in [1.165, 1.54) is 46.8 Å². The molecule has 2 amide bonds. The van der Waals surface area contributed by atoms with Gasteiger partial charge in [0.25, 0.3) is 0 Å². The highest BCUT2D eigenvalue weighted by atomic mass is 32.1. The minimum atomic E-state index is -0.852. The second-order valence-electron chi connectivity index (χ2n) is 8.64. The molecule has 3 heterocycles. The van der Waals surface area contributed by atoms with Gasteiger partial charge in [-0.3, -0.25) is 9.59 Å². The molecule has 11 heteroatoms. The number of amides is 2. The molecule has 0 aliphatic heterocycles. The molecule has 0 bridgehead atoms. The number of hydrogen-bond donors (Lipinski definition) is 1. The van der Waals surface area contributed by atoms with Gasteiger partial charge in [-0.05, 0) is 65.4 Å². The summed E-state index contributed by atoms with van der Waals surface area (Å²) in [6.45, 7) is 4.52. The number of nitrogens with one attached hydrogen (secondary N) is 1. The van der Waals surface area contributed by atoms with E-state index in [4.69, 9.17) is 4.42 Å². The standard InChI is InChI=1S/C25H27FN6O3S/c1-17(2)11-12-27-25(34)23(21-6-4-14-36-21)31(15-20-5-3-13-35-20)22(33)16-32-29-24(28-30-32)18-7-9-19(26)10-8-18/h3-10,13-14,17,23H,11-12,15-16H2,1-2H3,(H,27,34)/t23-/m0/s1. The molecule has 0 fully saturated rings. The van der Waals surface area contributed by atoms with Crippen molar-refractivity contribution in [3.8, 4) is 11.4 Å². The van der Waals surface area contributed by atoms with Gasteiger partial charge >= 0.3 is 0 Å². The van der Waals surface area contributed by atoms with Crippen LogP contribution in [-0.4, -0.2) is 43.5 Å².